The lowest BCUT2D eigenvalue weighted by Gasteiger charge is -2.11. The molecule has 4 heteroatoms. The summed E-state index contributed by atoms with van der Waals surface area (Å²) >= 11 is 0. The molecule has 1 unspecified atom stereocenters. The van der Waals surface area contributed by atoms with Gasteiger partial charge in [-0.15, -0.1) is 0 Å². The summed E-state index contributed by atoms with van der Waals surface area (Å²) in [5.41, 5.74) is 0.670. The van der Waals surface area contributed by atoms with Crippen LogP contribution in [-0.2, 0) is 4.79 Å². The summed E-state index contributed by atoms with van der Waals surface area (Å²) in [4.78, 5) is 10.5. The Morgan fingerprint density at radius 3 is 2.75 bits per heavy atom. The van der Waals surface area contributed by atoms with Gasteiger partial charge in [-0.1, -0.05) is 13.0 Å². The van der Waals surface area contributed by atoms with Gasteiger partial charge in [-0.05, 0) is 30.5 Å². The molecule has 1 aromatic rings. The Balaban J connectivity index is 2.83. The molecule has 0 aliphatic carbocycles. The van der Waals surface area contributed by atoms with Crippen LogP contribution >= 0.6 is 0 Å². The van der Waals surface area contributed by atoms with E-state index in [0.717, 1.165) is 0 Å². The summed E-state index contributed by atoms with van der Waals surface area (Å²) in [6.45, 7) is 3.94. The lowest BCUT2D eigenvalue weighted by atomic mass is 9.98. The third-order valence-electron chi connectivity index (χ3n) is 2.31. The molecule has 0 aliphatic heterocycles. The van der Waals surface area contributed by atoms with Crippen LogP contribution in [0.5, 0.6) is 5.75 Å². The molecule has 1 N–H and O–H groups in total. The van der Waals surface area contributed by atoms with Gasteiger partial charge >= 0.3 is 5.97 Å². The van der Waals surface area contributed by atoms with E-state index >= 15 is 0 Å². The normalized spacial score (nSPS) is 12.2. The molecule has 0 saturated carbocycles. The molecular weight excluding hydrogens is 211 g/mol. The first-order valence-corrected chi connectivity index (χ1v) is 5.18. The smallest absolute Gasteiger partial charge is 0.303 e. The van der Waals surface area contributed by atoms with Crippen molar-refractivity contribution in [2.24, 2.45) is 0 Å². The summed E-state index contributed by atoms with van der Waals surface area (Å²) in [7, 11) is 0. The molecule has 88 valence electrons. The lowest BCUT2D eigenvalue weighted by Crippen LogP contribution is -2.04. The van der Waals surface area contributed by atoms with Crippen molar-refractivity contribution in [3.8, 4) is 5.75 Å². The van der Waals surface area contributed by atoms with Gasteiger partial charge in [-0.25, -0.2) is 4.39 Å². The Morgan fingerprint density at radius 1 is 1.56 bits per heavy atom. The largest absolute Gasteiger partial charge is 0.491 e. The Labute approximate surface area is 93.9 Å². The van der Waals surface area contributed by atoms with E-state index in [1.165, 1.54) is 12.1 Å². The molecular formula is C12H15FO3. The van der Waals surface area contributed by atoms with Gasteiger partial charge < -0.3 is 9.84 Å². The van der Waals surface area contributed by atoms with Crippen LogP contribution < -0.4 is 4.74 Å². The van der Waals surface area contributed by atoms with Gasteiger partial charge in [0.2, 0.25) is 0 Å². The predicted molar refractivity (Wildman–Crippen MR) is 58.2 cm³/mol. The van der Waals surface area contributed by atoms with Gasteiger partial charge in [-0.3, -0.25) is 4.79 Å². The third kappa shape index (κ3) is 3.22. The standard InChI is InChI=1S/C12H15FO3/c1-3-16-11-5-4-9(7-10(11)13)8(2)6-12(14)15/h4-5,7-8H,3,6H2,1-2H3,(H,14,15). The van der Waals surface area contributed by atoms with Crippen LogP contribution in [-0.4, -0.2) is 17.7 Å². The average Bonchev–Trinajstić information content (AvgIpc) is 2.20. The maximum Gasteiger partial charge on any atom is 0.303 e. The Morgan fingerprint density at radius 2 is 2.25 bits per heavy atom. The number of carboxylic acid groups (broad SMARTS) is 1. The molecule has 0 spiro atoms. The molecule has 0 aromatic heterocycles. The van der Waals surface area contributed by atoms with Gasteiger partial charge in [0.05, 0.1) is 13.0 Å². The molecule has 1 atom stereocenters. The zero-order valence-electron chi connectivity index (χ0n) is 9.37. The van der Waals surface area contributed by atoms with Crippen LogP contribution in [0.1, 0.15) is 31.7 Å². The Hall–Kier alpha value is -1.58. The number of rotatable bonds is 5. The van der Waals surface area contributed by atoms with Crippen molar-refractivity contribution < 1.29 is 19.0 Å². The fraction of sp³-hybridized carbons (Fsp3) is 0.417. The second kappa shape index (κ2) is 5.49. The topological polar surface area (TPSA) is 46.5 Å². The molecule has 0 fully saturated rings. The third-order valence-corrected chi connectivity index (χ3v) is 2.31. The number of ether oxygens (including phenoxy) is 1. The highest BCUT2D eigenvalue weighted by Crippen LogP contribution is 2.24. The second-order valence-electron chi connectivity index (χ2n) is 3.62. The Bertz CT molecular complexity index is 377. The van der Waals surface area contributed by atoms with E-state index < -0.39 is 11.8 Å². The molecule has 1 rings (SSSR count). The van der Waals surface area contributed by atoms with E-state index in [2.05, 4.69) is 0 Å². The molecule has 0 heterocycles. The van der Waals surface area contributed by atoms with Crippen molar-refractivity contribution in [2.45, 2.75) is 26.2 Å². The average molecular weight is 226 g/mol. The van der Waals surface area contributed by atoms with Crippen molar-refractivity contribution in [2.75, 3.05) is 6.61 Å². The van der Waals surface area contributed by atoms with E-state index in [1.54, 1.807) is 19.9 Å². The van der Waals surface area contributed by atoms with Crippen LogP contribution in [0.25, 0.3) is 0 Å². The fourth-order valence-corrected chi connectivity index (χ4v) is 1.48. The SMILES string of the molecule is CCOc1ccc(C(C)CC(=O)O)cc1F. The molecule has 0 amide bonds. The zero-order chi connectivity index (χ0) is 12.1. The first-order valence-electron chi connectivity index (χ1n) is 5.18. The van der Waals surface area contributed by atoms with Gasteiger partial charge in [0, 0.05) is 0 Å². The maximum atomic E-state index is 13.5. The quantitative estimate of drug-likeness (QED) is 0.839. The first kappa shape index (κ1) is 12.5. The first-order chi connectivity index (χ1) is 7.54. The molecule has 0 saturated heterocycles. The van der Waals surface area contributed by atoms with Crippen LogP contribution in [0.3, 0.4) is 0 Å². The van der Waals surface area contributed by atoms with Gasteiger partial charge in [0.25, 0.3) is 0 Å². The fourth-order valence-electron chi connectivity index (χ4n) is 1.48. The van der Waals surface area contributed by atoms with Crippen LogP contribution in [0, 0.1) is 5.82 Å². The number of hydrogen-bond acceptors (Lipinski definition) is 2. The highest BCUT2D eigenvalue weighted by molar-refractivity contribution is 5.68. The second-order valence-corrected chi connectivity index (χ2v) is 3.62. The van der Waals surface area contributed by atoms with E-state index in [-0.39, 0.29) is 18.1 Å². The number of hydrogen-bond donors (Lipinski definition) is 1. The summed E-state index contributed by atoms with van der Waals surface area (Å²) in [5.74, 6) is -1.34. The van der Waals surface area contributed by atoms with E-state index in [4.69, 9.17) is 9.84 Å². The summed E-state index contributed by atoms with van der Waals surface area (Å²) in [6.07, 6.45) is -0.00653. The number of benzene rings is 1. The van der Waals surface area contributed by atoms with Crippen molar-refractivity contribution >= 4 is 5.97 Å². The Kier molecular flexibility index (Phi) is 4.28. The monoisotopic (exact) mass is 226 g/mol. The van der Waals surface area contributed by atoms with Crippen molar-refractivity contribution in [3.05, 3.63) is 29.6 Å². The van der Waals surface area contributed by atoms with Gasteiger partial charge in [0.1, 0.15) is 0 Å². The summed E-state index contributed by atoms with van der Waals surface area (Å²) < 4.78 is 18.5. The molecule has 0 radical (unpaired) electrons. The number of carboxylic acids is 1. The minimum atomic E-state index is -0.887. The molecule has 0 aliphatic rings. The molecule has 16 heavy (non-hydrogen) atoms. The van der Waals surface area contributed by atoms with Crippen LogP contribution in [0.4, 0.5) is 4.39 Å². The summed E-state index contributed by atoms with van der Waals surface area (Å²) in [6, 6.07) is 4.56. The highest BCUT2D eigenvalue weighted by atomic mass is 19.1. The van der Waals surface area contributed by atoms with Crippen molar-refractivity contribution in [1.82, 2.24) is 0 Å². The van der Waals surface area contributed by atoms with E-state index in [0.29, 0.717) is 12.2 Å². The molecule has 3 nitrogen and oxygen atoms in total. The number of aliphatic carboxylic acids is 1. The van der Waals surface area contributed by atoms with Gasteiger partial charge in [-0.2, -0.15) is 0 Å². The van der Waals surface area contributed by atoms with Crippen LogP contribution in [0.2, 0.25) is 0 Å². The number of halogens is 1. The van der Waals surface area contributed by atoms with Crippen LogP contribution in [0.15, 0.2) is 18.2 Å². The maximum absolute atomic E-state index is 13.5. The predicted octanol–water partition coefficient (Wildman–Crippen LogP) is 2.80. The van der Waals surface area contributed by atoms with E-state index in [9.17, 15) is 9.18 Å². The summed E-state index contributed by atoms with van der Waals surface area (Å²) in [5, 5.41) is 8.63. The molecule has 0 bridgehead atoms. The van der Waals surface area contributed by atoms with Crippen molar-refractivity contribution in [3.63, 3.8) is 0 Å². The van der Waals surface area contributed by atoms with E-state index in [1.807, 2.05) is 0 Å². The zero-order valence-corrected chi connectivity index (χ0v) is 9.37. The lowest BCUT2D eigenvalue weighted by molar-refractivity contribution is -0.137. The highest BCUT2D eigenvalue weighted by Gasteiger charge is 2.12. The number of carbonyl (C=O) groups is 1. The van der Waals surface area contributed by atoms with Gasteiger partial charge in [0.15, 0.2) is 11.6 Å². The molecule has 1 aromatic carbocycles. The minimum absolute atomic E-state index is 0.00653. The van der Waals surface area contributed by atoms with Crippen molar-refractivity contribution in [1.29, 1.82) is 0 Å². The minimum Gasteiger partial charge on any atom is -0.491 e.